The summed E-state index contributed by atoms with van der Waals surface area (Å²) in [5.74, 6) is -0.230. The van der Waals surface area contributed by atoms with Gasteiger partial charge in [-0.3, -0.25) is 14.9 Å². The zero-order valence-corrected chi connectivity index (χ0v) is 14.1. The number of thiophene rings is 1. The molecular formula is C16H19N3O3S. The van der Waals surface area contributed by atoms with E-state index in [1.807, 2.05) is 36.5 Å². The molecule has 23 heavy (non-hydrogen) atoms. The number of nitro groups is 1. The van der Waals surface area contributed by atoms with E-state index in [9.17, 15) is 14.9 Å². The van der Waals surface area contributed by atoms with Crippen molar-refractivity contribution in [3.8, 4) is 0 Å². The molecule has 0 aliphatic rings. The largest absolute Gasteiger partial charge is 0.350 e. The van der Waals surface area contributed by atoms with Crippen molar-refractivity contribution in [1.82, 2.24) is 10.2 Å². The van der Waals surface area contributed by atoms with E-state index in [-0.39, 0.29) is 17.6 Å². The predicted molar refractivity (Wildman–Crippen MR) is 90.9 cm³/mol. The summed E-state index contributed by atoms with van der Waals surface area (Å²) in [4.78, 5) is 25.9. The van der Waals surface area contributed by atoms with Crippen LogP contribution in [0.2, 0.25) is 0 Å². The molecule has 0 unspecified atom stereocenters. The lowest BCUT2D eigenvalue weighted by molar-refractivity contribution is -0.385. The van der Waals surface area contributed by atoms with Crippen LogP contribution < -0.4 is 5.32 Å². The Morgan fingerprint density at radius 2 is 2.13 bits per heavy atom. The molecule has 1 aromatic carbocycles. The number of aryl methyl sites for hydroxylation is 1. The Hall–Kier alpha value is -2.25. The molecule has 122 valence electrons. The zero-order chi connectivity index (χ0) is 17.0. The maximum absolute atomic E-state index is 12.3. The third-order valence-electron chi connectivity index (χ3n) is 3.61. The molecule has 6 nitrogen and oxygen atoms in total. The van der Waals surface area contributed by atoms with Crippen LogP contribution in [0.15, 0.2) is 35.7 Å². The Balaban J connectivity index is 2.07. The van der Waals surface area contributed by atoms with Gasteiger partial charge < -0.3 is 10.2 Å². The van der Waals surface area contributed by atoms with Crippen LogP contribution in [0.25, 0.3) is 0 Å². The number of nitrogens with zero attached hydrogens (tertiary/aromatic N) is 2. The standard InChI is InChI=1S/C16H19N3O3S/c1-11-9-12(6-7-13(11)19(21)22)16(20)17-10-14(18(2)3)15-5-4-8-23-15/h4-9,14H,10H2,1-3H3,(H,17,20)/t14-/m1/s1. The Morgan fingerprint density at radius 1 is 1.39 bits per heavy atom. The fourth-order valence-corrected chi connectivity index (χ4v) is 3.23. The first-order valence-electron chi connectivity index (χ1n) is 7.13. The molecule has 1 atom stereocenters. The topological polar surface area (TPSA) is 75.5 Å². The van der Waals surface area contributed by atoms with Gasteiger partial charge in [0.2, 0.25) is 0 Å². The van der Waals surface area contributed by atoms with Gasteiger partial charge in [-0.25, -0.2) is 0 Å². The van der Waals surface area contributed by atoms with E-state index in [1.54, 1.807) is 24.3 Å². The number of nitrogens with one attached hydrogen (secondary N) is 1. The predicted octanol–water partition coefficient (Wildman–Crippen LogP) is 3.00. The Kier molecular flexibility index (Phi) is 5.46. The van der Waals surface area contributed by atoms with E-state index in [4.69, 9.17) is 0 Å². The van der Waals surface area contributed by atoms with E-state index < -0.39 is 4.92 Å². The monoisotopic (exact) mass is 333 g/mol. The molecule has 1 amide bonds. The van der Waals surface area contributed by atoms with Crippen LogP contribution in [0.5, 0.6) is 0 Å². The highest BCUT2D eigenvalue weighted by Crippen LogP contribution is 2.23. The van der Waals surface area contributed by atoms with Crippen molar-refractivity contribution in [3.05, 3.63) is 61.8 Å². The molecule has 0 saturated carbocycles. The number of carbonyl (C=O) groups excluding carboxylic acids is 1. The quantitative estimate of drug-likeness (QED) is 0.651. The third kappa shape index (κ3) is 4.14. The first-order chi connectivity index (χ1) is 10.9. The number of hydrogen-bond donors (Lipinski definition) is 1. The molecule has 0 spiro atoms. The molecule has 0 radical (unpaired) electrons. The normalized spacial score (nSPS) is 12.2. The van der Waals surface area contributed by atoms with Crippen LogP contribution in [-0.2, 0) is 0 Å². The van der Waals surface area contributed by atoms with Crippen LogP contribution in [0.3, 0.4) is 0 Å². The van der Waals surface area contributed by atoms with Crippen LogP contribution in [0, 0.1) is 17.0 Å². The average Bonchev–Trinajstić information content (AvgIpc) is 3.00. The highest BCUT2D eigenvalue weighted by molar-refractivity contribution is 7.10. The van der Waals surface area contributed by atoms with Gasteiger partial charge in [-0.05, 0) is 44.6 Å². The van der Waals surface area contributed by atoms with E-state index in [1.165, 1.54) is 17.0 Å². The first kappa shape index (κ1) is 17.1. The second-order valence-corrected chi connectivity index (χ2v) is 6.44. The van der Waals surface area contributed by atoms with Crippen molar-refractivity contribution in [3.63, 3.8) is 0 Å². The Bertz CT molecular complexity index is 699. The summed E-state index contributed by atoms with van der Waals surface area (Å²) in [6, 6.07) is 8.51. The van der Waals surface area contributed by atoms with Crippen molar-refractivity contribution in [1.29, 1.82) is 0 Å². The van der Waals surface area contributed by atoms with Gasteiger partial charge in [0.25, 0.3) is 11.6 Å². The molecule has 1 N–H and O–H groups in total. The van der Waals surface area contributed by atoms with E-state index in [2.05, 4.69) is 5.32 Å². The van der Waals surface area contributed by atoms with Gasteiger partial charge in [0, 0.05) is 28.6 Å². The molecular weight excluding hydrogens is 314 g/mol. The zero-order valence-electron chi connectivity index (χ0n) is 13.3. The van der Waals surface area contributed by atoms with Crippen molar-refractivity contribution in [2.45, 2.75) is 13.0 Å². The number of benzene rings is 1. The average molecular weight is 333 g/mol. The maximum Gasteiger partial charge on any atom is 0.272 e. The summed E-state index contributed by atoms with van der Waals surface area (Å²) in [6.45, 7) is 2.10. The number of carbonyl (C=O) groups is 1. The van der Waals surface area contributed by atoms with Gasteiger partial charge in [0.15, 0.2) is 0 Å². The van der Waals surface area contributed by atoms with E-state index >= 15 is 0 Å². The maximum atomic E-state index is 12.3. The molecule has 7 heteroatoms. The second kappa shape index (κ2) is 7.34. The van der Waals surface area contributed by atoms with Crippen molar-refractivity contribution >= 4 is 22.9 Å². The molecule has 0 bridgehead atoms. The van der Waals surface area contributed by atoms with Gasteiger partial charge in [0.05, 0.1) is 11.0 Å². The molecule has 1 heterocycles. The second-order valence-electron chi connectivity index (χ2n) is 5.46. The minimum atomic E-state index is -0.449. The van der Waals surface area contributed by atoms with Gasteiger partial charge in [-0.1, -0.05) is 6.07 Å². The van der Waals surface area contributed by atoms with Gasteiger partial charge in [-0.2, -0.15) is 0 Å². The fourth-order valence-electron chi connectivity index (χ4n) is 2.31. The molecule has 2 aromatic rings. The molecule has 0 saturated heterocycles. The van der Waals surface area contributed by atoms with Crippen molar-refractivity contribution in [2.75, 3.05) is 20.6 Å². The highest BCUT2D eigenvalue weighted by atomic mass is 32.1. The lowest BCUT2D eigenvalue weighted by Crippen LogP contribution is -2.34. The summed E-state index contributed by atoms with van der Waals surface area (Å²) in [6.07, 6.45) is 0. The Labute approximate surface area is 138 Å². The number of rotatable bonds is 6. The molecule has 2 rings (SSSR count). The molecule has 1 aromatic heterocycles. The minimum absolute atomic E-state index is 0.0197. The lowest BCUT2D eigenvalue weighted by Gasteiger charge is -2.23. The number of likely N-dealkylation sites (N-methyl/N-ethyl adjacent to an activating group) is 1. The first-order valence-corrected chi connectivity index (χ1v) is 8.01. The van der Waals surface area contributed by atoms with Crippen LogP contribution in [-0.4, -0.2) is 36.4 Å². The molecule has 0 aliphatic carbocycles. The van der Waals surface area contributed by atoms with Gasteiger partial charge in [-0.15, -0.1) is 11.3 Å². The Morgan fingerprint density at radius 3 is 2.65 bits per heavy atom. The number of amides is 1. The lowest BCUT2D eigenvalue weighted by atomic mass is 10.1. The number of nitro benzene ring substituents is 1. The van der Waals surface area contributed by atoms with Crippen molar-refractivity contribution in [2.24, 2.45) is 0 Å². The summed E-state index contributed by atoms with van der Waals surface area (Å²) in [7, 11) is 3.93. The van der Waals surface area contributed by atoms with E-state index in [0.717, 1.165) is 0 Å². The van der Waals surface area contributed by atoms with Gasteiger partial charge >= 0.3 is 0 Å². The SMILES string of the molecule is Cc1cc(C(=O)NC[C@H](c2cccs2)N(C)C)ccc1[N+](=O)[O-]. The van der Waals surface area contributed by atoms with E-state index in [0.29, 0.717) is 17.7 Å². The number of hydrogen-bond acceptors (Lipinski definition) is 5. The smallest absolute Gasteiger partial charge is 0.272 e. The summed E-state index contributed by atoms with van der Waals surface area (Å²) < 4.78 is 0. The molecule has 0 fully saturated rings. The minimum Gasteiger partial charge on any atom is -0.350 e. The van der Waals surface area contributed by atoms with Crippen molar-refractivity contribution < 1.29 is 9.72 Å². The van der Waals surface area contributed by atoms with Gasteiger partial charge in [0.1, 0.15) is 0 Å². The fraction of sp³-hybridized carbons (Fsp3) is 0.312. The summed E-state index contributed by atoms with van der Waals surface area (Å²) in [5, 5.41) is 15.7. The third-order valence-corrected chi connectivity index (χ3v) is 4.58. The highest BCUT2D eigenvalue weighted by Gasteiger charge is 2.18. The summed E-state index contributed by atoms with van der Waals surface area (Å²) >= 11 is 1.65. The van der Waals surface area contributed by atoms with Crippen LogP contribution >= 0.6 is 11.3 Å². The van der Waals surface area contributed by atoms with Crippen LogP contribution in [0.1, 0.15) is 26.8 Å². The summed E-state index contributed by atoms with van der Waals surface area (Å²) in [5.41, 5.74) is 0.924. The molecule has 0 aliphatic heterocycles. The van der Waals surface area contributed by atoms with Crippen LogP contribution in [0.4, 0.5) is 5.69 Å².